The van der Waals surface area contributed by atoms with Crippen LogP contribution in [-0.4, -0.2) is 59.1 Å². The maximum absolute atomic E-state index is 13.3. The van der Waals surface area contributed by atoms with Crippen LogP contribution in [0.5, 0.6) is 0 Å². The molecule has 184 valence electrons. The number of aliphatic hydroxyl groups is 1. The summed E-state index contributed by atoms with van der Waals surface area (Å²) in [4.78, 5) is 27.7. The van der Waals surface area contributed by atoms with Gasteiger partial charge in [-0.2, -0.15) is 0 Å². The number of carbonyl (C=O) groups excluding carboxylic acids is 2. The van der Waals surface area contributed by atoms with Crippen LogP contribution in [0.15, 0.2) is 84.9 Å². The number of hydrogen-bond acceptors (Lipinski definition) is 7. The highest BCUT2D eigenvalue weighted by atomic mass is 16.7. The Hall–Kier alpha value is -3.40. The predicted molar refractivity (Wildman–Crippen MR) is 127 cm³/mol. The largest absolute Gasteiger partial charge is 0.388 e. The lowest BCUT2D eigenvalue weighted by Gasteiger charge is -2.49. The van der Waals surface area contributed by atoms with E-state index < -0.39 is 48.7 Å². The zero-order valence-electron chi connectivity index (χ0n) is 19.3. The van der Waals surface area contributed by atoms with Gasteiger partial charge in [-0.05, 0) is 17.7 Å². The van der Waals surface area contributed by atoms with Gasteiger partial charge in [-0.25, -0.2) is 0 Å². The molecule has 0 radical (unpaired) electrons. The molecule has 0 bridgehead atoms. The number of rotatable bonds is 5. The van der Waals surface area contributed by atoms with Gasteiger partial charge in [0.15, 0.2) is 12.6 Å². The van der Waals surface area contributed by atoms with Crippen LogP contribution in [0.4, 0.5) is 0 Å². The van der Waals surface area contributed by atoms with Crippen LogP contribution >= 0.6 is 0 Å². The van der Waals surface area contributed by atoms with Gasteiger partial charge in [0.05, 0.1) is 24.3 Å². The van der Waals surface area contributed by atoms with Crippen molar-refractivity contribution in [3.05, 3.63) is 107 Å². The van der Waals surface area contributed by atoms with E-state index in [0.717, 1.165) is 16.0 Å². The molecule has 8 heteroatoms. The third-order valence-corrected chi connectivity index (χ3v) is 6.79. The van der Waals surface area contributed by atoms with E-state index in [4.69, 9.17) is 18.9 Å². The Bertz CT molecular complexity index is 1220. The highest BCUT2D eigenvalue weighted by Gasteiger charge is 2.55. The molecule has 0 spiro atoms. The van der Waals surface area contributed by atoms with Crippen molar-refractivity contribution in [1.29, 1.82) is 0 Å². The van der Waals surface area contributed by atoms with E-state index in [1.54, 1.807) is 24.3 Å². The van der Waals surface area contributed by atoms with E-state index in [9.17, 15) is 14.7 Å². The second kappa shape index (κ2) is 9.57. The summed E-state index contributed by atoms with van der Waals surface area (Å²) in [5.74, 6) is -0.997. The molecule has 2 fully saturated rings. The molecule has 3 aromatic rings. The average Bonchev–Trinajstić information content (AvgIpc) is 3.18. The summed E-state index contributed by atoms with van der Waals surface area (Å²) in [5, 5.41) is 11.6. The monoisotopic (exact) mass is 487 g/mol. The quantitative estimate of drug-likeness (QED) is 0.553. The van der Waals surface area contributed by atoms with Gasteiger partial charge in [0.2, 0.25) is 0 Å². The zero-order valence-corrected chi connectivity index (χ0v) is 19.3. The number of carbonyl (C=O) groups is 2. The van der Waals surface area contributed by atoms with Crippen LogP contribution in [-0.2, 0) is 25.6 Å². The standard InChI is InChI=1S/C28H25NO7/c30-23-22(29-25(31)19-13-7-8-14-20(19)26(29)32)28(33-15-17-9-3-1-4-10-17)35-21-16-34-27(36-24(21)23)18-11-5-2-6-12-18/h1-14,21-24,27-28,30H,15-16H2/t21-,22-,23-,24-,27?,28-/m1/s1. The zero-order chi connectivity index (χ0) is 24.6. The number of hydrogen-bond donors (Lipinski definition) is 1. The number of nitrogens with zero attached hydrogens (tertiary/aromatic N) is 1. The van der Waals surface area contributed by atoms with Gasteiger partial charge in [0.25, 0.3) is 11.8 Å². The van der Waals surface area contributed by atoms with Crippen molar-refractivity contribution in [3.8, 4) is 0 Å². The molecule has 0 saturated carbocycles. The van der Waals surface area contributed by atoms with Crippen molar-refractivity contribution < 1.29 is 33.6 Å². The first kappa shape index (κ1) is 23.0. The average molecular weight is 488 g/mol. The Labute approximate surface area is 208 Å². The minimum Gasteiger partial charge on any atom is -0.388 e. The van der Waals surface area contributed by atoms with Crippen molar-refractivity contribution in [1.82, 2.24) is 4.90 Å². The molecule has 8 nitrogen and oxygen atoms in total. The molecule has 1 N–H and O–H groups in total. The van der Waals surface area contributed by atoms with E-state index in [-0.39, 0.29) is 24.3 Å². The second-order valence-electron chi connectivity index (χ2n) is 9.02. The number of ether oxygens (including phenoxy) is 4. The number of fused-ring (bicyclic) bond motifs is 2. The Morgan fingerprint density at radius 3 is 2.11 bits per heavy atom. The number of amides is 2. The van der Waals surface area contributed by atoms with Gasteiger partial charge in [0.1, 0.15) is 24.4 Å². The first-order valence-corrected chi connectivity index (χ1v) is 11.9. The molecule has 0 aromatic heterocycles. The maximum Gasteiger partial charge on any atom is 0.262 e. The minimum absolute atomic E-state index is 0.154. The van der Waals surface area contributed by atoms with E-state index >= 15 is 0 Å². The second-order valence-corrected chi connectivity index (χ2v) is 9.02. The van der Waals surface area contributed by atoms with E-state index in [1.807, 2.05) is 60.7 Å². The van der Waals surface area contributed by atoms with Crippen LogP contribution in [0.1, 0.15) is 38.1 Å². The van der Waals surface area contributed by atoms with Gasteiger partial charge < -0.3 is 24.1 Å². The Kier molecular flexibility index (Phi) is 6.12. The van der Waals surface area contributed by atoms with Crippen molar-refractivity contribution in [3.63, 3.8) is 0 Å². The summed E-state index contributed by atoms with van der Waals surface area (Å²) in [6, 6.07) is 24.3. The molecule has 3 heterocycles. The van der Waals surface area contributed by atoms with Gasteiger partial charge in [-0.3, -0.25) is 14.5 Å². The Balaban J connectivity index is 1.31. The van der Waals surface area contributed by atoms with Gasteiger partial charge in [-0.15, -0.1) is 0 Å². The van der Waals surface area contributed by atoms with Gasteiger partial charge in [-0.1, -0.05) is 72.8 Å². The first-order valence-electron chi connectivity index (χ1n) is 11.9. The third kappa shape index (κ3) is 4.03. The Morgan fingerprint density at radius 1 is 0.833 bits per heavy atom. The number of imide groups is 1. The van der Waals surface area contributed by atoms with Crippen molar-refractivity contribution >= 4 is 11.8 Å². The molecular formula is C28H25NO7. The summed E-state index contributed by atoms with van der Waals surface area (Å²) in [6.45, 7) is 0.324. The highest BCUT2D eigenvalue weighted by molar-refractivity contribution is 6.21. The molecular weight excluding hydrogens is 462 g/mol. The predicted octanol–water partition coefficient (Wildman–Crippen LogP) is 3.07. The molecule has 2 saturated heterocycles. The molecule has 2 amide bonds. The third-order valence-electron chi connectivity index (χ3n) is 6.79. The molecule has 0 aliphatic carbocycles. The van der Waals surface area contributed by atoms with Crippen molar-refractivity contribution in [2.24, 2.45) is 0 Å². The summed E-state index contributed by atoms with van der Waals surface area (Å²) < 4.78 is 24.3. The molecule has 3 aromatic carbocycles. The topological polar surface area (TPSA) is 94.5 Å². The molecule has 3 aliphatic heterocycles. The van der Waals surface area contributed by atoms with Crippen LogP contribution in [0.3, 0.4) is 0 Å². The number of aliphatic hydroxyl groups excluding tert-OH is 1. The Morgan fingerprint density at radius 2 is 1.44 bits per heavy atom. The molecule has 3 aliphatic rings. The lowest BCUT2D eigenvalue weighted by Crippen LogP contribution is -2.67. The van der Waals surface area contributed by atoms with E-state index in [1.165, 1.54) is 0 Å². The highest BCUT2D eigenvalue weighted by Crippen LogP contribution is 2.38. The van der Waals surface area contributed by atoms with Crippen molar-refractivity contribution in [2.45, 2.75) is 43.5 Å². The summed E-state index contributed by atoms with van der Waals surface area (Å²) >= 11 is 0. The maximum atomic E-state index is 13.3. The van der Waals surface area contributed by atoms with Crippen molar-refractivity contribution in [2.75, 3.05) is 6.61 Å². The lowest BCUT2D eigenvalue weighted by atomic mass is 9.94. The SMILES string of the molecule is O=C1c2ccccc2C(=O)N1[C@H]1[C@H](OCc2ccccc2)O[C@@H]2COC(c3ccccc3)O[C@H]2[C@@H]1O. The van der Waals surface area contributed by atoms with Crippen LogP contribution in [0, 0.1) is 0 Å². The molecule has 6 atom stereocenters. The first-order chi connectivity index (χ1) is 17.6. The fourth-order valence-electron chi connectivity index (χ4n) is 5.00. The fraction of sp³-hybridized carbons (Fsp3) is 0.286. The summed E-state index contributed by atoms with van der Waals surface area (Å²) in [7, 11) is 0. The summed E-state index contributed by atoms with van der Waals surface area (Å²) in [6.07, 6.45) is -4.54. The van der Waals surface area contributed by atoms with Crippen LogP contribution in [0.2, 0.25) is 0 Å². The van der Waals surface area contributed by atoms with Gasteiger partial charge in [0, 0.05) is 5.56 Å². The number of benzene rings is 3. The molecule has 1 unspecified atom stereocenters. The van der Waals surface area contributed by atoms with E-state index in [2.05, 4.69) is 0 Å². The minimum atomic E-state index is -1.26. The van der Waals surface area contributed by atoms with Crippen LogP contribution in [0.25, 0.3) is 0 Å². The lowest BCUT2D eigenvalue weighted by molar-refractivity contribution is -0.350. The normalized spacial score (nSPS) is 29.6. The summed E-state index contributed by atoms with van der Waals surface area (Å²) in [5.41, 5.74) is 2.25. The smallest absolute Gasteiger partial charge is 0.262 e. The van der Waals surface area contributed by atoms with E-state index in [0.29, 0.717) is 0 Å². The molecule has 36 heavy (non-hydrogen) atoms. The fourth-order valence-corrected chi connectivity index (χ4v) is 5.00. The van der Waals surface area contributed by atoms with Gasteiger partial charge >= 0.3 is 0 Å². The van der Waals surface area contributed by atoms with Crippen LogP contribution < -0.4 is 0 Å². The molecule has 6 rings (SSSR count).